The number of nitrogens with zero attached hydrogens (tertiary/aromatic N) is 1. The Morgan fingerprint density at radius 2 is 2.07 bits per heavy atom. The molecule has 90 valence electrons. The van der Waals surface area contributed by atoms with Crippen LogP contribution in [0, 0.1) is 5.92 Å². The zero-order chi connectivity index (χ0) is 11.1. The second-order valence-corrected chi connectivity index (χ2v) is 4.87. The summed E-state index contributed by atoms with van der Waals surface area (Å²) in [5.41, 5.74) is 0. The van der Waals surface area contributed by atoms with Gasteiger partial charge in [0.1, 0.15) is 0 Å². The lowest BCUT2D eigenvalue weighted by Crippen LogP contribution is -2.32. The van der Waals surface area contributed by atoms with E-state index in [4.69, 9.17) is 4.74 Å². The third-order valence-corrected chi connectivity index (χ3v) is 2.72. The van der Waals surface area contributed by atoms with Crippen LogP contribution in [0.4, 0.5) is 0 Å². The van der Waals surface area contributed by atoms with Crippen molar-refractivity contribution in [1.82, 2.24) is 10.2 Å². The zero-order valence-electron chi connectivity index (χ0n) is 10.5. The van der Waals surface area contributed by atoms with Crippen LogP contribution in [0.5, 0.6) is 0 Å². The van der Waals surface area contributed by atoms with E-state index in [1.165, 1.54) is 19.4 Å². The molecular formula is C12H26N2O. The Hall–Kier alpha value is -0.120. The van der Waals surface area contributed by atoms with Crippen molar-refractivity contribution in [2.75, 3.05) is 39.8 Å². The van der Waals surface area contributed by atoms with E-state index in [2.05, 4.69) is 31.1 Å². The van der Waals surface area contributed by atoms with Gasteiger partial charge in [0.25, 0.3) is 0 Å². The molecule has 0 saturated heterocycles. The number of rotatable bonds is 9. The Morgan fingerprint density at radius 3 is 2.67 bits per heavy atom. The molecule has 0 heterocycles. The van der Waals surface area contributed by atoms with Gasteiger partial charge in [-0.1, -0.05) is 0 Å². The molecule has 1 saturated carbocycles. The topological polar surface area (TPSA) is 24.5 Å². The zero-order valence-corrected chi connectivity index (χ0v) is 10.5. The molecule has 0 radical (unpaired) electrons. The SMILES string of the molecule is CC(C)OCCN(C)CCNCC1CC1. The van der Waals surface area contributed by atoms with Crippen LogP contribution in [0.25, 0.3) is 0 Å². The minimum absolute atomic E-state index is 0.353. The van der Waals surface area contributed by atoms with Crippen LogP contribution in [0.15, 0.2) is 0 Å². The van der Waals surface area contributed by atoms with Crippen molar-refractivity contribution in [2.24, 2.45) is 5.92 Å². The summed E-state index contributed by atoms with van der Waals surface area (Å²) in [7, 11) is 2.16. The summed E-state index contributed by atoms with van der Waals surface area (Å²) >= 11 is 0. The highest BCUT2D eigenvalue weighted by Gasteiger charge is 2.19. The van der Waals surface area contributed by atoms with Gasteiger partial charge in [-0.3, -0.25) is 0 Å². The average Bonchev–Trinajstić information content (AvgIpc) is 2.95. The van der Waals surface area contributed by atoms with Gasteiger partial charge in [0.15, 0.2) is 0 Å². The Bertz CT molecular complexity index is 158. The summed E-state index contributed by atoms with van der Waals surface area (Å²) in [5.74, 6) is 0.986. The van der Waals surface area contributed by atoms with Gasteiger partial charge in [-0.15, -0.1) is 0 Å². The largest absolute Gasteiger partial charge is 0.377 e. The smallest absolute Gasteiger partial charge is 0.0596 e. The standard InChI is InChI=1S/C12H26N2O/c1-11(2)15-9-8-14(3)7-6-13-10-12-4-5-12/h11-13H,4-10H2,1-3H3. The molecule has 0 aromatic heterocycles. The Kier molecular flexibility index (Phi) is 6.22. The molecule has 3 nitrogen and oxygen atoms in total. The first kappa shape index (κ1) is 12.9. The van der Waals surface area contributed by atoms with Gasteiger partial charge in [0.05, 0.1) is 12.7 Å². The summed E-state index contributed by atoms with van der Waals surface area (Å²) in [6.45, 7) is 9.48. The molecule has 0 atom stereocenters. The van der Waals surface area contributed by atoms with E-state index in [0.29, 0.717) is 6.10 Å². The van der Waals surface area contributed by atoms with Gasteiger partial charge >= 0.3 is 0 Å². The maximum atomic E-state index is 5.50. The molecule has 15 heavy (non-hydrogen) atoms. The van der Waals surface area contributed by atoms with Crippen LogP contribution in [0.1, 0.15) is 26.7 Å². The van der Waals surface area contributed by atoms with E-state index in [1.807, 2.05) is 0 Å². The predicted molar refractivity (Wildman–Crippen MR) is 64.2 cm³/mol. The summed E-state index contributed by atoms with van der Waals surface area (Å²) in [5, 5.41) is 3.49. The maximum Gasteiger partial charge on any atom is 0.0596 e. The third kappa shape index (κ3) is 7.77. The molecule has 1 N–H and O–H groups in total. The van der Waals surface area contributed by atoms with Crippen LogP contribution in [-0.2, 0) is 4.74 Å². The minimum Gasteiger partial charge on any atom is -0.377 e. The number of hydrogen-bond donors (Lipinski definition) is 1. The molecule has 1 fully saturated rings. The highest BCUT2D eigenvalue weighted by molar-refractivity contribution is 4.75. The number of ether oxygens (including phenoxy) is 1. The lowest BCUT2D eigenvalue weighted by Gasteiger charge is -2.17. The van der Waals surface area contributed by atoms with Crippen molar-refractivity contribution >= 4 is 0 Å². The van der Waals surface area contributed by atoms with Crippen molar-refractivity contribution in [3.63, 3.8) is 0 Å². The molecule has 0 amide bonds. The van der Waals surface area contributed by atoms with Crippen molar-refractivity contribution < 1.29 is 4.74 Å². The Balaban J connectivity index is 1.81. The molecule has 0 aliphatic heterocycles. The van der Waals surface area contributed by atoms with Gasteiger partial charge in [-0.2, -0.15) is 0 Å². The van der Waals surface area contributed by atoms with Crippen molar-refractivity contribution in [3.8, 4) is 0 Å². The second kappa shape index (κ2) is 7.20. The number of nitrogens with one attached hydrogen (secondary N) is 1. The molecule has 0 aromatic rings. The van der Waals surface area contributed by atoms with E-state index >= 15 is 0 Å². The van der Waals surface area contributed by atoms with E-state index in [0.717, 1.165) is 32.2 Å². The Labute approximate surface area is 94.2 Å². The van der Waals surface area contributed by atoms with Crippen LogP contribution < -0.4 is 5.32 Å². The first-order chi connectivity index (χ1) is 7.18. The lowest BCUT2D eigenvalue weighted by atomic mass is 10.4. The average molecular weight is 214 g/mol. The fourth-order valence-corrected chi connectivity index (χ4v) is 1.45. The molecule has 3 heteroatoms. The number of hydrogen-bond acceptors (Lipinski definition) is 3. The highest BCUT2D eigenvalue weighted by atomic mass is 16.5. The number of likely N-dealkylation sites (N-methyl/N-ethyl adjacent to an activating group) is 1. The van der Waals surface area contributed by atoms with E-state index < -0.39 is 0 Å². The van der Waals surface area contributed by atoms with Crippen molar-refractivity contribution in [3.05, 3.63) is 0 Å². The maximum absolute atomic E-state index is 5.50. The third-order valence-electron chi connectivity index (χ3n) is 2.72. The summed E-state index contributed by atoms with van der Waals surface area (Å²) < 4.78 is 5.50. The van der Waals surface area contributed by atoms with Crippen LogP contribution in [-0.4, -0.2) is 50.8 Å². The summed E-state index contributed by atoms with van der Waals surface area (Å²) in [4.78, 5) is 2.32. The van der Waals surface area contributed by atoms with Crippen molar-refractivity contribution in [1.29, 1.82) is 0 Å². The molecule has 0 unspecified atom stereocenters. The summed E-state index contributed by atoms with van der Waals surface area (Å²) in [6, 6.07) is 0. The molecule has 1 aliphatic rings. The Morgan fingerprint density at radius 1 is 1.33 bits per heavy atom. The van der Waals surface area contributed by atoms with Crippen molar-refractivity contribution in [2.45, 2.75) is 32.8 Å². The highest BCUT2D eigenvalue weighted by Crippen LogP contribution is 2.27. The first-order valence-electron chi connectivity index (χ1n) is 6.19. The van der Waals surface area contributed by atoms with E-state index in [-0.39, 0.29) is 0 Å². The van der Waals surface area contributed by atoms with E-state index in [9.17, 15) is 0 Å². The quantitative estimate of drug-likeness (QED) is 0.586. The monoisotopic (exact) mass is 214 g/mol. The van der Waals surface area contributed by atoms with Gasteiger partial charge in [-0.25, -0.2) is 0 Å². The molecule has 0 spiro atoms. The molecular weight excluding hydrogens is 188 g/mol. The van der Waals surface area contributed by atoms with Crippen LogP contribution in [0.3, 0.4) is 0 Å². The van der Waals surface area contributed by atoms with Gasteiger partial charge in [0, 0.05) is 19.6 Å². The molecule has 1 aliphatic carbocycles. The van der Waals surface area contributed by atoms with E-state index in [1.54, 1.807) is 0 Å². The van der Waals surface area contributed by atoms with Crippen LogP contribution in [0.2, 0.25) is 0 Å². The predicted octanol–water partition coefficient (Wildman–Crippen LogP) is 1.34. The molecule has 0 bridgehead atoms. The molecule has 1 rings (SSSR count). The fourth-order valence-electron chi connectivity index (χ4n) is 1.45. The summed E-state index contributed by atoms with van der Waals surface area (Å²) in [6.07, 6.45) is 3.22. The van der Waals surface area contributed by atoms with Gasteiger partial charge < -0.3 is 15.0 Å². The minimum atomic E-state index is 0.353. The molecule has 0 aromatic carbocycles. The fraction of sp³-hybridized carbons (Fsp3) is 1.00. The second-order valence-electron chi connectivity index (χ2n) is 4.87. The lowest BCUT2D eigenvalue weighted by molar-refractivity contribution is 0.0640. The normalized spacial score (nSPS) is 16.6. The first-order valence-corrected chi connectivity index (χ1v) is 6.19. The van der Waals surface area contributed by atoms with Crippen LogP contribution >= 0.6 is 0 Å². The van der Waals surface area contributed by atoms with Gasteiger partial charge in [0.2, 0.25) is 0 Å². The van der Waals surface area contributed by atoms with Gasteiger partial charge in [-0.05, 0) is 46.2 Å².